The van der Waals surface area contributed by atoms with Gasteiger partial charge >= 0.3 is 0 Å². The maximum absolute atomic E-state index is 5.63. The third kappa shape index (κ3) is 1.85. The minimum atomic E-state index is 0.591. The monoisotopic (exact) mass is 179 g/mol. The Morgan fingerprint density at radius 3 is 2.62 bits per heavy atom. The molecule has 0 unspecified atom stereocenters. The van der Waals surface area contributed by atoms with Crippen molar-refractivity contribution in [2.45, 2.75) is 38.6 Å². The maximum Gasteiger partial charge on any atom is 0.0719 e. The molecular weight excluding hydrogens is 162 g/mol. The zero-order valence-electron chi connectivity index (χ0n) is 8.11. The maximum atomic E-state index is 5.63. The smallest absolute Gasteiger partial charge is 0.0719 e. The zero-order valence-corrected chi connectivity index (χ0v) is 8.11. The van der Waals surface area contributed by atoms with Gasteiger partial charge in [0.05, 0.1) is 17.9 Å². The summed E-state index contributed by atoms with van der Waals surface area (Å²) in [5, 5.41) is 4.26. The summed E-state index contributed by atoms with van der Waals surface area (Å²) in [6.07, 6.45) is 8.83. The van der Waals surface area contributed by atoms with Gasteiger partial charge in [-0.25, -0.2) is 0 Å². The molecule has 1 aromatic rings. The van der Waals surface area contributed by atoms with E-state index in [-0.39, 0.29) is 0 Å². The van der Waals surface area contributed by atoms with Crippen LogP contribution < -0.4 is 5.73 Å². The van der Waals surface area contributed by atoms with Gasteiger partial charge < -0.3 is 5.73 Å². The fourth-order valence-electron chi connectivity index (χ4n) is 2.06. The molecule has 3 heteroatoms. The van der Waals surface area contributed by atoms with E-state index in [0.717, 1.165) is 11.6 Å². The topological polar surface area (TPSA) is 43.8 Å². The highest BCUT2D eigenvalue weighted by Crippen LogP contribution is 2.31. The van der Waals surface area contributed by atoms with Crippen LogP contribution >= 0.6 is 0 Å². The molecule has 1 heterocycles. The Balaban J connectivity index is 2.02. The molecule has 2 rings (SSSR count). The van der Waals surface area contributed by atoms with Crippen LogP contribution in [0.4, 0.5) is 5.69 Å². The fourth-order valence-corrected chi connectivity index (χ4v) is 2.06. The van der Waals surface area contributed by atoms with E-state index in [1.165, 1.54) is 25.7 Å². The van der Waals surface area contributed by atoms with Crippen molar-refractivity contribution in [2.75, 3.05) is 5.73 Å². The van der Waals surface area contributed by atoms with Crippen LogP contribution in [0.3, 0.4) is 0 Å². The molecule has 0 aliphatic heterocycles. The lowest BCUT2D eigenvalue weighted by Crippen LogP contribution is -2.16. The third-order valence-corrected chi connectivity index (χ3v) is 2.98. The Morgan fingerprint density at radius 2 is 2.08 bits per heavy atom. The SMILES string of the molecule is CC1CCC(n2cc(N)cn2)CC1. The summed E-state index contributed by atoms with van der Waals surface area (Å²) in [5.41, 5.74) is 6.41. The van der Waals surface area contributed by atoms with Gasteiger partial charge in [-0.05, 0) is 31.6 Å². The molecule has 0 amide bonds. The first-order valence-electron chi connectivity index (χ1n) is 5.05. The summed E-state index contributed by atoms with van der Waals surface area (Å²) < 4.78 is 2.03. The van der Waals surface area contributed by atoms with Crippen molar-refractivity contribution < 1.29 is 0 Å². The highest BCUT2D eigenvalue weighted by atomic mass is 15.3. The molecule has 0 aromatic carbocycles. The second kappa shape index (κ2) is 3.40. The van der Waals surface area contributed by atoms with Crippen LogP contribution in [0.5, 0.6) is 0 Å². The van der Waals surface area contributed by atoms with Gasteiger partial charge in [0.2, 0.25) is 0 Å². The standard InChI is InChI=1S/C10H17N3/c1-8-2-4-10(5-3-8)13-7-9(11)6-12-13/h6-8,10H,2-5,11H2,1H3. The van der Waals surface area contributed by atoms with Crippen LogP contribution in [0.25, 0.3) is 0 Å². The molecule has 1 aliphatic carbocycles. The van der Waals surface area contributed by atoms with Crippen molar-refractivity contribution >= 4 is 5.69 Å². The summed E-state index contributed by atoms with van der Waals surface area (Å²) in [5.74, 6) is 0.893. The van der Waals surface area contributed by atoms with Gasteiger partial charge in [0.25, 0.3) is 0 Å². The van der Waals surface area contributed by atoms with Crippen LogP contribution in [0.1, 0.15) is 38.6 Å². The molecule has 0 radical (unpaired) electrons. The predicted molar refractivity (Wildman–Crippen MR) is 53.3 cm³/mol. The lowest BCUT2D eigenvalue weighted by atomic mass is 9.87. The zero-order chi connectivity index (χ0) is 9.26. The number of aromatic nitrogens is 2. The number of nitrogens with two attached hydrogens (primary N) is 1. The predicted octanol–water partition coefficient (Wildman–Crippen LogP) is 2.22. The highest BCUT2D eigenvalue weighted by molar-refractivity contribution is 5.30. The molecular formula is C10H17N3. The van der Waals surface area contributed by atoms with E-state index in [4.69, 9.17) is 5.73 Å². The molecule has 1 fully saturated rings. The Hall–Kier alpha value is -0.990. The van der Waals surface area contributed by atoms with Crippen molar-refractivity contribution in [1.82, 2.24) is 9.78 Å². The van der Waals surface area contributed by atoms with Crippen molar-refractivity contribution in [2.24, 2.45) is 5.92 Å². The molecule has 2 N–H and O–H groups in total. The van der Waals surface area contributed by atoms with E-state index in [1.54, 1.807) is 6.20 Å². The van der Waals surface area contributed by atoms with Gasteiger partial charge in [0.1, 0.15) is 0 Å². The summed E-state index contributed by atoms with van der Waals surface area (Å²) in [6.45, 7) is 2.33. The van der Waals surface area contributed by atoms with E-state index < -0.39 is 0 Å². The number of nitrogen functional groups attached to an aromatic ring is 1. The summed E-state index contributed by atoms with van der Waals surface area (Å²) in [6, 6.07) is 0.591. The minimum Gasteiger partial charge on any atom is -0.396 e. The second-order valence-electron chi connectivity index (χ2n) is 4.17. The quantitative estimate of drug-likeness (QED) is 0.718. The van der Waals surface area contributed by atoms with Crippen LogP contribution in [0, 0.1) is 5.92 Å². The number of hydrogen-bond acceptors (Lipinski definition) is 2. The van der Waals surface area contributed by atoms with Crippen LogP contribution in [0.2, 0.25) is 0 Å². The lowest BCUT2D eigenvalue weighted by Gasteiger charge is -2.26. The average Bonchev–Trinajstić information content (AvgIpc) is 2.53. The van der Waals surface area contributed by atoms with Gasteiger partial charge in [-0.15, -0.1) is 0 Å². The largest absolute Gasteiger partial charge is 0.396 e. The van der Waals surface area contributed by atoms with Crippen LogP contribution in [-0.4, -0.2) is 9.78 Å². The van der Waals surface area contributed by atoms with Crippen molar-refractivity contribution in [3.63, 3.8) is 0 Å². The van der Waals surface area contributed by atoms with Crippen LogP contribution in [0.15, 0.2) is 12.4 Å². The van der Waals surface area contributed by atoms with E-state index in [2.05, 4.69) is 12.0 Å². The molecule has 1 aromatic heterocycles. The second-order valence-corrected chi connectivity index (χ2v) is 4.17. The summed E-state index contributed by atoms with van der Waals surface area (Å²) >= 11 is 0. The first-order valence-corrected chi connectivity index (χ1v) is 5.05. The first kappa shape index (κ1) is 8.60. The number of nitrogens with zero attached hydrogens (tertiary/aromatic N) is 2. The van der Waals surface area contributed by atoms with Gasteiger partial charge in [0, 0.05) is 6.20 Å². The van der Waals surface area contributed by atoms with Gasteiger partial charge in [-0.2, -0.15) is 5.10 Å². The molecule has 0 spiro atoms. The molecule has 0 saturated heterocycles. The molecule has 0 atom stereocenters. The van der Waals surface area contributed by atoms with Crippen molar-refractivity contribution in [3.05, 3.63) is 12.4 Å². The van der Waals surface area contributed by atoms with Crippen molar-refractivity contribution in [3.8, 4) is 0 Å². The van der Waals surface area contributed by atoms with Crippen LogP contribution in [-0.2, 0) is 0 Å². The van der Waals surface area contributed by atoms with E-state index >= 15 is 0 Å². The van der Waals surface area contributed by atoms with E-state index in [9.17, 15) is 0 Å². The normalized spacial score (nSPS) is 29.0. The fraction of sp³-hybridized carbons (Fsp3) is 0.700. The average molecular weight is 179 g/mol. The Kier molecular flexibility index (Phi) is 2.25. The van der Waals surface area contributed by atoms with E-state index in [0.29, 0.717) is 6.04 Å². The molecule has 3 nitrogen and oxygen atoms in total. The Labute approximate surface area is 78.9 Å². The molecule has 1 aliphatic rings. The molecule has 13 heavy (non-hydrogen) atoms. The number of rotatable bonds is 1. The van der Waals surface area contributed by atoms with Gasteiger partial charge in [-0.1, -0.05) is 6.92 Å². The lowest BCUT2D eigenvalue weighted by molar-refractivity contribution is 0.274. The first-order chi connectivity index (χ1) is 6.25. The Morgan fingerprint density at radius 1 is 1.38 bits per heavy atom. The number of anilines is 1. The van der Waals surface area contributed by atoms with Crippen molar-refractivity contribution in [1.29, 1.82) is 0 Å². The number of hydrogen-bond donors (Lipinski definition) is 1. The molecule has 0 bridgehead atoms. The summed E-state index contributed by atoms with van der Waals surface area (Å²) in [7, 11) is 0. The highest BCUT2D eigenvalue weighted by Gasteiger charge is 2.19. The molecule has 72 valence electrons. The summed E-state index contributed by atoms with van der Waals surface area (Å²) in [4.78, 5) is 0. The minimum absolute atomic E-state index is 0.591. The van der Waals surface area contributed by atoms with Gasteiger partial charge in [-0.3, -0.25) is 4.68 Å². The van der Waals surface area contributed by atoms with E-state index in [1.807, 2.05) is 10.9 Å². The third-order valence-electron chi connectivity index (χ3n) is 2.98. The molecule has 1 saturated carbocycles. The Bertz CT molecular complexity index is 271. The van der Waals surface area contributed by atoms with Gasteiger partial charge in [0.15, 0.2) is 0 Å².